The molecule has 2 heterocycles. The highest BCUT2D eigenvalue weighted by Gasteiger charge is 2.29. The summed E-state index contributed by atoms with van der Waals surface area (Å²) in [6.45, 7) is 7.78. The average Bonchev–Trinajstić information content (AvgIpc) is 2.58. The van der Waals surface area contributed by atoms with E-state index in [1.807, 2.05) is 13.8 Å². The first-order chi connectivity index (χ1) is 8.15. The number of aryl methyl sites for hydroxylation is 2. The Hall–Kier alpha value is -0.840. The van der Waals surface area contributed by atoms with Crippen LogP contribution in [-0.4, -0.2) is 13.2 Å². The van der Waals surface area contributed by atoms with E-state index >= 15 is 0 Å². The van der Waals surface area contributed by atoms with E-state index in [1.54, 1.807) is 0 Å². The number of nitrogens with two attached hydrogens (primary N) is 1. The number of nitrogens with one attached hydrogen (secondary N) is 1. The van der Waals surface area contributed by atoms with Crippen molar-refractivity contribution in [3.05, 3.63) is 22.6 Å². The Morgan fingerprint density at radius 3 is 2.29 bits per heavy atom. The zero-order valence-corrected chi connectivity index (χ0v) is 10.9. The largest absolute Gasteiger partial charge is 0.466 e. The van der Waals surface area contributed by atoms with Crippen molar-refractivity contribution in [2.75, 3.05) is 13.2 Å². The van der Waals surface area contributed by atoms with E-state index in [-0.39, 0.29) is 6.04 Å². The van der Waals surface area contributed by atoms with E-state index < -0.39 is 0 Å². The summed E-state index contributed by atoms with van der Waals surface area (Å²) in [5.41, 5.74) is 5.42. The van der Waals surface area contributed by atoms with Crippen LogP contribution < -0.4 is 11.3 Å². The van der Waals surface area contributed by atoms with Crippen molar-refractivity contribution < 1.29 is 9.15 Å². The zero-order chi connectivity index (χ0) is 12.4. The fraction of sp³-hybridized carbons (Fsp3) is 0.692. The van der Waals surface area contributed by atoms with Crippen LogP contribution >= 0.6 is 0 Å². The summed E-state index contributed by atoms with van der Waals surface area (Å²) in [5.74, 6) is 8.25. The van der Waals surface area contributed by atoms with Crippen LogP contribution in [0, 0.1) is 26.7 Å². The highest BCUT2D eigenvalue weighted by atomic mass is 16.5. The first-order valence-electron chi connectivity index (χ1n) is 6.25. The van der Waals surface area contributed by atoms with Gasteiger partial charge in [0.05, 0.1) is 6.04 Å². The second-order valence-electron chi connectivity index (χ2n) is 4.85. The van der Waals surface area contributed by atoms with Gasteiger partial charge in [-0.2, -0.15) is 0 Å². The molecule has 0 radical (unpaired) electrons. The van der Waals surface area contributed by atoms with E-state index in [0.717, 1.165) is 37.6 Å². The normalized spacial score (nSPS) is 19.5. The summed E-state index contributed by atoms with van der Waals surface area (Å²) in [6, 6.07) is 0.177. The van der Waals surface area contributed by atoms with E-state index in [0.29, 0.717) is 5.92 Å². The van der Waals surface area contributed by atoms with Gasteiger partial charge in [0.25, 0.3) is 0 Å². The van der Waals surface area contributed by atoms with E-state index in [9.17, 15) is 0 Å². The number of hydrogen-bond acceptors (Lipinski definition) is 4. The van der Waals surface area contributed by atoms with Gasteiger partial charge in [-0.15, -0.1) is 0 Å². The molecule has 0 bridgehead atoms. The number of hydrazine groups is 1. The van der Waals surface area contributed by atoms with Gasteiger partial charge in [-0.25, -0.2) is 0 Å². The van der Waals surface area contributed by atoms with Crippen molar-refractivity contribution in [2.45, 2.75) is 39.7 Å². The third-order valence-electron chi connectivity index (χ3n) is 3.85. The lowest BCUT2D eigenvalue weighted by Gasteiger charge is -2.30. The summed E-state index contributed by atoms with van der Waals surface area (Å²) < 4.78 is 11.1. The summed E-state index contributed by atoms with van der Waals surface area (Å²) in [6.07, 6.45) is 2.11. The van der Waals surface area contributed by atoms with Crippen LogP contribution in [0.15, 0.2) is 4.42 Å². The molecule has 0 saturated carbocycles. The van der Waals surface area contributed by atoms with Gasteiger partial charge in [-0.1, -0.05) is 0 Å². The lowest BCUT2D eigenvalue weighted by atomic mass is 9.86. The third kappa shape index (κ3) is 2.39. The number of rotatable bonds is 3. The lowest BCUT2D eigenvalue weighted by Crippen LogP contribution is -2.36. The maximum Gasteiger partial charge on any atom is 0.106 e. The third-order valence-corrected chi connectivity index (χ3v) is 3.85. The molecule has 1 unspecified atom stereocenters. The fourth-order valence-corrected chi connectivity index (χ4v) is 2.77. The topological polar surface area (TPSA) is 60.4 Å². The molecular weight excluding hydrogens is 216 g/mol. The van der Waals surface area contributed by atoms with Gasteiger partial charge < -0.3 is 9.15 Å². The Balaban J connectivity index is 2.27. The Kier molecular flexibility index (Phi) is 3.86. The molecule has 0 spiro atoms. The first-order valence-corrected chi connectivity index (χ1v) is 6.25. The Bertz CT molecular complexity index is 381. The van der Waals surface area contributed by atoms with Gasteiger partial charge in [0.1, 0.15) is 11.5 Å². The second kappa shape index (κ2) is 5.21. The predicted molar refractivity (Wildman–Crippen MR) is 66.5 cm³/mol. The van der Waals surface area contributed by atoms with Crippen LogP contribution in [0.25, 0.3) is 0 Å². The zero-order valence-electron chi connectivity index (χ0n) is 10.9. The van der Waals surface area contributed by atoms with Gasteiger partial charge in [0.15, 0.2) is 0 Å². The molecule has 0 aliphatic carbocycles. The summed E-state index contributed by atoms with van der Waals surface area (Å²) >= 11 is 0. The molecule has 2 rings (SSSR count). The summed E-state index contributed by atoms with van der Waals surface area (Å²) in [4.78, 5) is 0. The monoisotopic (exact) mass is 238 g/mol. The van der Waals surface area contributed by atoms with Crippen molar-refractivity contribution in [2.24, 2.45) is 11.8 Å². The standard InChI is InChI=1S/C13H22N2O2/c1-8-9(2)17-10(3)12(8)13(15-14)11-4-6-16-7-5-11/h11,13,15H,4-7,14H2,1-3H3. The van der Waals surface area contributed by atoms with Crippen LogP contribution in [0.3, 0.4) is 0 Å². The number of furan rings is 1. The molecule has 0 amide bonds. The minimum absolute atomic E-state index is 0.177. The quantitative estimate of drug-likeness (QED) is 0.625. The Morgan fingerprint density at radius 2 is 1.82 bits per heavy atom. The molecule has 4 heteroatoms. The highest BCUT2D eigenvalue weighted by Crippen LogP contribution is 2.35. The van der Waals surface area contributed by atoms with Crippen LogP contribution in [-0.2, 0) is 4.74 Å². The van der Waals surface area contributed by atoms with Crippen LogP contribution in [0.4, 0.5) is 0 Å². The lowest BCUT2D eigenvalue weighted by molar-refractivity contribution is 0.0533. The predicted octanol–water partition coefficient (Wildman–Crippen LogP) is 2.14. The van der Waals surface area contributed by atoms with Gasteiger partial charge in [-0.05, 0) is 45.1 Å². The van der Waals surface area contributed by atoms with Crippen LogP contribution in [0.2, 0.25) is 0 Å². The molecule has 17 heavy (non-hydrogen) atoms. The molecule has 96 valence electrons. The molecule has 3 N–H and O–H groups in total. The Morgan fingerprint density at radius 1 is 1.18 bits per heavy atom. The smallest absolute Gasteiger partial charge is 0.106 e. The van der Waals surface area contributed by atoms with Crippen molar-refractivity contribution in [3.8, 4) is 0 Å². The average molecular weight is 238 g/mol. The van der Waals surface area contributed by atoms with Crippen molar-refractivity contribution in [1.82, 2.24) is 5.43 Å². The van der Waals surface area contributed by atoms with Crippen molar-refractivity contribution in [1.29, 1.82) is 0 Å². The number of hydrogen-bond donors (Lipinski definition) is 2. The molecule has 1 fully saturated rings. The Labute approximate surface area is 102 Å². The van der Waals surface area contributed by atoms with Gasteiger partial charge >= 0.3 is 0 Å². The van der Waals surface area contributed by atoms with E-state index in [1.165, 1.54) is 11.1 Å². The molecule has 1 aromatic rings. The molecule has 1 atom stereocenters. The van der Waals surface area contributed by atoms with E-state index in [4.69, 9.17) is 15.0 Å². The van der Waals surface area contributed by atoms with Crippen LogP contribution in [0.5, 0.6) is 0 Å². The molecule has 1 aliphatic rings. The molecule has 1 aliphatic heterocycles. The first kappa shape index (κ1) is 12.6. The van der Waals surface area contributed by atoms with Crippen LogP contribution in [0.1, 0.15) is 41.5 Å². The SMILES string of the molecule is Cc1oc(C)c(C(NN)C2CCOCC2)c1C. The fourth-order valence-electron chi connectivity index (χ4n) is 2.77. The maximum absolute atomic E-state index is 5.75. The summed E-state index contributed by atoms with van der Waals surface area (Å²) in [7, 11) is 0. The minimum atomic E-state index is 0.177. The van der Waals surface area contributed by atoms with Gasteiger partial charge in [-0.3, -0.25) is 11.3 Å². The molecule has 1 aromatic heterocycles. The van der Waals surface area contributed by atoms with E-state index in [2.05, 4.69) is 12.3 Å². The molecule has 0 aromatic carbocycles. The van der Waals surface area contributed by atoms with Gasteiger partial charge in [0, 0.05) is 18.8 Å². The summed E-state index contributed by atoms with van der Waals surface area (Å²) in [5, 5.41) is 0. The van der Waals surface area contributed by atoms with Crippen molar-refractivity contribution >= 4 is 0 Å². The highest BCUT2D eigenvalue weighted by molar-refractivity contribution is 5.34. The number of ether oxygens (including phenoxy) is 1. The maximum atomic E-state index is 5.75. The molecule has 1 saturated heterocycles. The second-order valence-corrected chi connectivity index (χ2v) is 4.85. The van der Waals surface area contributed by atoms with Gasteiger partial charge in [0.2, 0.25) is 0 Å². The molecule has 4 nitrogen and oxygen atoms in total. The molecular formula is C13H22N2O2. The minimum Gasteiger partial charge on any atom is -0.466 e. The van der Waals surface area contributed by atoms with Crippen molar-refractivity contribution in [3.63, 3.8) is 0 Å².